The van der Waals surface area contributed by atoms with Crippen molar-refractivity contribution in [3.63, 3.8) is 0 Å². The van der Waals surface area contributed by atoms with Gasteiger partial charge in [-0.3, -0.25) is 9.69 Å². The van der Waals surface area contributed by atoms with E-state index in [1.54, 1.807) is 0 Å². The van der Waals surface area contributed by atoms with E-state index < -0.39 is 0 Å². The quantitative estimate of drug-likeness (QED) is 0.903. The standard InChI is InChI=1S/C17H23ClN2O2/c18-15-4-1-3-14(13-15)17(5-2-6-17)16(21)19-7-8-20-9-11-22-12-10-20/h1,3-4,13H,2,5-12H2,(H,19,21). The summed E-state index contributed by atoms with van der Waals surface area (Å²) in [7, 11) is 0. The van der Waals surface area contributed by atoms with Crippen LogP contribution in [0.5, 0.6) is 0 Å². The molecule has 1 saturated heterocycles. The molecular weight excluding hydrogens is 300 g/mol. The van der Waals surface area contributed by atoms with E-state index in [2.05, 4.69) is 10.2 Å². The van der Waals surface area contributed by atoms with E-state index in [1.165, 1.54) is 0 Å². The molecule has 1 N–H and O–H groups in total. The Morgan fingerprint density at radius 1 is 1.32 bits per heavy atom. The highest BCUT2D eigenvalue weighted by molar-refractivity contribution is 6.30. The summed E-state index contributed by atoms with van der Waals surface area (Å²) >= 11 is 6.09. The Bertz CT molecular complexity index is 525. The number of nitrogens with one attached hydrogen (secondary N) is 1. The summed E-state index contributed by atoms with van der Waals surface area (Å²) in [5, 5.41) is 3.83. The summed E-state index contributed by atoms with van der Waals surface area (Å²) in [4.78, 5) is 15.0. The minimum Gasteiger partial charge on any atom is -0.379 e. The number of hydrogen-bond acceptors (Lipinski definition) is 3. The monoisotopic (exact) mass is 322 g/mol. The van der Waals surface area contributed by atoms with Gasteiger partial charge in [0.05, 0.1) is 18.6 Å². The second kappa shape index (κ2) is 6.99. The number of amides is 1. The number of nitrogens with zero attached hydrogens (tertiary/aromatic N) is 1. The molecular formula is C17H23ClN2O2. The van der Waals surface area contributed by atoms with Crippen LogP contribution in [-0.2, 0) is 14.9 Å². The van der Waals surface area contributed by atoms with E-state index in [0.29, 0.717) is 11.6 Å². The van der Waals surface area contributed by atoms with Crippen LogP contribution in [0.15, 0.2) is 24.3 Å². The molecule has 3 rings (SSSR count). The van der Waals surface area contributed by atoms with Gasteiger partial charge in [-0.25, -0.2) is 0 Å². The minimum atomic E-state index is -0.365. The third kappa shape index (κ3) is 3.29. The average molecular weight is 323 g/mol. The van der Waals surface area contributed by atoms with Crippen molar-refractivity contribution < 1.29 is 9.53 Å². The third-order valence-electron chi connectivity index (χ3n) is 4.84. The number of halogens is 1. The zero-order valence-electron chi connectivity index (χ0n) is 12.8. The van der Waals surface area contributed by atoms with E-state index in [9.17, 15) is 4.79 Å². The molecule has 0 atom stereocenters. The zero-order chi connectivity index (χ0) is 15.4. The molecule has 1 aromatic carbocycles. The van der Waals surface area contributed by atoms with Crippen LogP contribution >= 0.6 is 11.6 Å². The lowest BCUT2D eigenvalue weighted by atomic mass is 9.64. The van der Waals surface area contributed by atoms with Crippen molar-refractivity contribution in [2.75, 3.05) is 39.4 Å². The average Bonchev–Trinajstić information content (AvgIpc) is 2.47. The van der Waals surface area contributed by atoms with E-state index in [1.807, 2.05) is 24.3 Å². The number of ether oxygens (including phenoxy) is 1. The fourth-order valence-corrected chi connectivity index (χ4v) is 3.48. The van der Waals surface area contributed by atoms with Crippen LogP contribution < -0.4 is 5.32 Å². The molecule has 1 aliphatic heterocycles. The molecule has 0 spiro atoms. The molecule has 0 bridgehead atoms. The Balaban J connectivity index is 1.57. The van der Waals surface area contributed by atoms with Gasteiger partial charge < -0.3 is 10.1 Å². The van der Waals surface area contributed by atoms with Crippen molar-refractivity contribution in [3.05, 3.63) is 34.9 Å². The van der Waals surface area contributed by atoms with Crippen molar-refractivity contribution in [2.24, 2.45) is 0 Å². The summed E-state index contributed by atoms with van der Waals surface area (Å²) in [6, 6.07) is 7.74. The predicted octanol–water partition coefficient (Wildman–Crippen LogP) is 2.21. The van der Waals surface area contributed by atoms with Crippen LogP contribution in [-0.4, -0.2) is 50.2 Å². The molecule has 0 radical (unpaired) electrons. The number of carbonyl (C=O) groups is 1. The molecule has 1 aromatic rings. The Hall–Kier alpha value is -1.10. The van der Waals surface area contributed by atoms with Crippen molar-refractivity contribution >= 4 is 17.5 Å². The molecule has 1 saturated carbocycles. The second-order valence-corrected chi connectivity index (χ2v) is 6.59. The Labute approximate surface area is 136 Å². The van der Waals surface area contributed by atoms with Gasteiger partial charge in [0.2, 0.25) is 5.91 Å². The van der Waals surface area contributed by atoms with E-state index in [0.717, 1.165) is 57.7 Å². The van der Waals surface area contributed by atoms with Crippen LogP contribution in [0.2, 0.25) is 5.02 Å². The first-order valence-corrected chi connectivity index (χ1v) is 8.43. The van der Waals surface area contributed by atoms with Crippen LogP contribution in [0.3, 0.4) is 0 Å². The van der Waals surface area contributed by atoms with Crippen LogP contribution in [0.4, 0.5) is 0 Å². The lowest BCUT2D eigenvalue weighted by molar-refractivity contribution is -0.130. The van der Waals surface area contributed by atoms with Crippen LogP contribution in [0.1, 0.15) is 24.8 Å². The number of carbonyl (C=O) groups excluding carboxylic acids is 1. The number of hydrogen-bond donors (Lipinski definition) is 1. The van der Waals surface area contributed by atoms with Gasteiger partial charge in [-0.15, -0.1) is 0 Å². The number of benzene rings is 1. The van der Waals surface area contributed by atoms with Gasteiger partial charge in [-0.2, -0.15) is 0 Å². The van der Waals surface area contributed by atoms with Crippen LogP contribution in [0.25, 0.3) is 0 Å². The van der Waals surface area contributed by atoms with Crippen molar-refractivity contribution in [2.45, 2.75) is 24.7 Å². The molecule has 120 valence electrons. The Kier molecular flexibility index (Phi) is 5.01. The molecule has 0 unspecified atom stereocenters. The topological polar surface area (TPSA) is 41.6 Å². The first-order valence-electron chi connectivity index (χ1n) is 8.05. The zero-order valence-corrected chi connectivity index (χ0v) is 13.6. The second-order valence-electron chi connectivity index (χ2n) is 6.16. The normalized spacial score (nSPS) is 21.1. The molecule has 2 fully saturated rings. The maximum Gasteiger partial charge on any atom is 0.230 e. The first kappa shape index (κ1) is 15.8. The summed E-state index contributed by atoms with van der Waals surface area (Å²) in [6.07, 6.45) is 2.93. The predicted molar refractivity (Wildman–Crippen MR) is 87.2 cm³/mol. The maximum absolute atomic E-state index is 12.7. The molecule has 4 nitrogen and oxygen atoms in total. The summed E-state index contributed by atoms with van der Waals surface area (Å²) in [6.45, 7) is 5.08. The van der Waals surface area contributed by atoms with Gasteiger partial charge in [-0.05, 0) is 30.5 Å². The molecule has 1 aliphatic carbocycles. The minimum absolute atomic E-state index is 0.147. The molecule has 22 heavy (non-hydrogen) atoms. The van der Waals surface area contributed by atoms with Gasteiger partial charge in [0.25, 0.3) is 0 Å². The first-order chi connectivity index (χ1) is 10.7. The van der Waals surface area contributed by atoms with Crippen molar-refractivity contribution in [1.82, 2.24) is 10.2 Å². The van der Waals surface area contributed by atoms with Gasteiger partial charge >= 0.3 is 0 Å². The van der Waals surface area contributed by atoms with Crippen LogP contribution in [0, 0.1) is 0 Å². The SMILES string of the molecule is O=C(NCCN1CCOCC1)C1(c2cccc(Cl)c2)CCC1. The van der Waals surface area contributed by atoms with E-state index >= 15 is 0 Å². The van der Waals surface area contributed by atoms with E-state index in [-0.39, 0.29) is 11.3 Å². The van der Waals surface area contributed by atoms with Gasteiger partial charge in [-0.1, -0.05) is 30.2 Å². The molecule has 5 heteroatoms. The lowest BCUT2D eigenvalue weighted by Gasteiger charge is -2.41. The lowest BCUT2D eigenvalue weighted by Crippen LogP contribution is -2.51. The van der Waals surface area contributed by atoms with Gasteiger partial charge in [0, 0.05) is 31.2 Å². The number of rotatable bonds is 5. The van der Waals surface area contributed by atoms with Gasteiger partial charge in [0.15, 0.2) is 0 Å². The van der Waals surface area contributed by atoms with E-state index in [4.69, 9.17) is 16.3 Å². The third-order valence-corrected chi connectivity index (χ3v) is 5.07. The Morgan fingerprint density at radius 2 is 2.09 bits per heavy atom. The van der Waals surface area contributed by atoms with Gasteiger partial charge in [0.1, 0.15) is 0 Å². The summed E-state index contributed by atoms with van der Waals surface area (Å²) in [5.41, 5.74) is 0.686. The highest BCUT2D eigenvalue weighted by atomic mass is 35.5. The highest BCUT2D eigenvalue weighted by Crippen LogP contribution is 2.44. The Morgan fingerprint density at radius 3 is 2.73 bits per heavy atom. The molecule has 0 aromatic heterocycles. The summed E-state index contributed by atoms with van der Waals surface area (Å²) in [5.74, 6) is 0.147. The fourth-order valence-electron chi connectivity index (χ4n) is 3.28. The summed E-state index contributed by atoms with van der Waals surface area (Å²) < 4.78 is 5.34. The largest absolute Gasteiger partial charge is 0.379 e. The molecule has 2 aliphatic rings. The highest BCUT2D eigenvalue weighted by Gasteiger charge is 2.45. The smallest absolute Gasteiger partial charge is 0.230 e. The maximum atomic E-state index is 12.7. The van der Waals surface area contributed by atoms with Crippen molar-refractivity contribution in [3.8, 4) is 0 Å². The van der Waals surface area contributed by atoms with Crippen molar-refractivity contribution in [1.29, 1.82) is 0 Å². The molecule has 1 amide bonds. The number of morpholine rings is 1. The fraction of sp³-hybridized carbons (Fsp3) is 0.588. The molecule has 1 heterocycles.